The lowest BCUT2D eigenvalue weighted by Gasteiger charge is -2.10. The number of fused-ring (bicyclic) bond motifs is 1. The van der Waals surface area contributed by atoms with Gasteiger partial charge in [-0.3, -0.25) is 13.8 Å². The number of rotatable bonds is 7. The highest BCUT2D eigenvalue weighted by Crippen LogP contribution is 2.24. The fraction of sp³-hybridized carbons (Fsp3) is 0.409. The molecule has 0 aliphatic heterocycles. The van der Waals surface area contributed by atoms with Gasteiger partial charge in [0.1, 0.15) is 0 Å². The van der Waals surface area contributed by atoms with Gasteiger partial charge in [-0.25, -0.2) is 9.78 Å². The second-order valence-electron chi connectivity index (χ2n) is 7.45. The molecule has 0 unspecified atom stereocenters. The predicted octanol–water partition coefficient (Wildman–Crippen LogP) is 3.61. The third-order valence-corrected chi connectivity index (χ3v) is 5.53. The molecule has 7 heteroatoms. The van der Waals surface area contributed by atoms with Crippen LogP contribution in [0.3, 0.4) is 0 Å². The van der Waals surface area contributed by atoms with E-state index in [-0.39, 0.29) is 5.69 Å². The SMILES string of the molecule is CCn1c(=O)n(CC)c2cc(-c3cncn3CCCn3nc(C)cc3C)ccc21. The van der Waals surface area contributed by atoms with Crippen LogP contribution in [-0.4, -0.2) is 28.5 Å². The summed E-state index contributed by atoms with van der Waals surface area (Å²) in [6.07, 6.45) is 4.75. The van der Waals surface area contributed by atoms with E-state index in [0.717, 1.165) is 47.5 Å². The highest BCUT2D eigenvalue weighted by molar-refractivity contribution is 5.82. The number of aryl methyl sites for hydroxylation is 6. The molecule has 3 heterocycles. The van der Waals surface area contributed by atoms with Gasteiger partial charge in [-0.05, 0) is 52.3 Å². The second-order valence-corrected chi connectivity index (χ2v) is 7.45. The molecule has 0 radical (unpaired) electrons. The molecule has 0 aliphatic rings. The van der Waals surface area contributed by atoms with Gasteiger partial charge >= 0.3 is 5.69 Å². The van der Waals surface area contributed by atoms with E-state index in [2.05, 4.69) is 50.5 Å². The lowest BCUT2D eigenvalue weighted by molar-refractivity contribution is 0.518. The van der Waals surface area contributed by atoms with E-state index in [4.69, 9.17) is 0 Å². The van der Waals surface area contributed by atoms with Crippen molar-refractivity contribution in [2.24, 2.45) is 0 Å². The quantitative estimate of drug-likeness (QED) is 0.483. The maximum absolute atomic E-state index is 12.6. The lowest BCUT2D eigenvalue weighted by Crippen LogP contribution is -2.23. The molecule has 1 aromatic carbocycles. The summed E-state index contributed by atoms with van der Waals surface area (Å²) in [5.41, 5.74) is 6.42. The van der Waals surface area contributed by atoms with Gasteiger partial charge < -0.3 is 4.57 Å². The predicted molar refractivity (Wildman–Crippen MR) is 115 cm³/mol. The number of nitrogens with zero attached hydrogens (tertiary/aromatic N) is 6. The van der Waals surface area contributed by atoms with Crippen molar-refractivity contribution < 1.29 is 0 Å². The van der Waals surface area contributed by atoms with E-state index in [9.17, 15) is 4.79 Å². The summed E-state index contributed by atoms with van der Waals surface area (Å²) in [6.45, 7) is 11.2. The zero-order chi connectivity index (χ0) is 20.5. The van der Waals surface area contributed by atoms with E-state index in [1.165, 1.54) is 5.69 Å². The van der Waals surface area contributed by atoms with Gasteiger partial charge in [0.15, 0.2) is 0 Å². The molecule has 0 bridgehead atoms. The molecule has 0 aliphatic carbocycles. The summed E-state index contributed by atoms with van der Waals surface area (Å²) in [5.74, 6) is 0. The minimum atomic E-state index is 0.0561. The van der Waals surface area contributed by atoms with Crippen LogP contribution in [0, 0.1) is 13.8 Å². The molecule has 0 fully saturated rings. The van der Waals surface area contributed by atoms with E-state index < -0.39 is 0 Å². The van der Waals surface area contributed by atoms with E-state index in [1.807, 2.05) is 42.4 Å². The van der Waals surface area contributed by atoms with Crippen LogP contribution < -0.4 is 5.69 Å². The monoisotopic (exact) mass is 392 g/mol. The molecule has 29 heavy (non-hydrogen) atoms. The summed E-state index contributed by atoms with van der Waals surface area (Å²) in [7, 11) is 0. The third kappa shape index (κ3) is 3.41. The fourth-order valence-electron chi connectivity index (χ4n) is 4.12. The van der Waals surface area contributed by atoms with Gasteiger partial charge in [-0.2, -0.15) is 5.10 Å². The van der Waals surface area contributed by atoms with Crippen molar-refractivity contribution >= 4 is 11.0 Å². The average molecular weight is 393 g/mol. The Bertz CT molecular complexity index is 1210. The van der Waals surface area contributed by atoms with Crippen LogP contribution in [0.25, 0.3) is 22.3 Å². The highest BCUT2D eigenvalue weighted by Gasteiger charge is 2.13. The van der Waals surface area contributed by atoms with Gasteiger partial charge in [-0.15, -0.1) is 0 Å². The van der Waals surface area contributed by atoms with Crippen LogP contribution in [0.1, 0.15) is 31.7 Å². The minimum absolute atomic E-state index is 0.0561. The average Bonchev–Trinajstić information content (AvgIpc) is 3.36. The fourth-order valence-corrected chi connectivity index (χ4v) is 4.12. The summed E-state index contributed by atoms with van der Waals surface area (Å²) < 4.78 is 7.91. The maximum atomic E-state index is 12.6. The molecular formula is C22H28N6O. The Labute approximate surface area is 170 Å². The summed E-state index contributed by atoms with van der Waals surface area (Å²) in [5, 5.41) is 4.54. The first-order chi connectivity index (χ1) is 14.0. The van der Waals surface area contributed by atoms with Crippen molar-refractivity contribution in [3.63, 3.8) is 0 Å². The first-order valence-corrected chi connectivity index (χ1v) is 10.3. The van der Waals surface area contributed by atoms with Crippen molar-refractivity contribution in [3.05, 3.63) is 58.7 Å². The molecule has 7 nitrogen and oxygen atoms in total. The van der Waals surface area contributed by atoms with Crippen LogP contribution in [-0.2, 0) is 26.2 Å². The zero-order valence-corrected chi connectivity index (χ0v) is 17.6. The normalized spacial score (nSPS) is 11.6. The van der Waals surface area contributed by atoms with E-state index in [1.54, 1.807) is 0 Å². The Morgan fingerprint density at radius 1 is 0.966 bits per heavy atom. The van der Waals surface area contributed by atoms with Crippen molar-refractivity contribution in [2.45, 2.75) is 60.3 Å². The third-order valence-electron chi connectivity index (χ3n) is 5.53. The van der Waals surface area contributed by atoms with Crippen LogP contribution >= 0.6 is 0 Å². The van der Waals surface area contributed by atoms with Crippen LogP contribution in [0.5, 0.6) is 0 Å². The van der Waals surface area contributed by atoms with Gasteiger partial charge in [0.25, 0.3) is 0 Å². The Morgan fingerprint density at radius 2 is 1.72 bits per heavy atom. The van der Waals surface area contributed by atoms with Gasteiger partial charge in [-0.1, -0.05) is 6.07 Å². The maximum Gasteiger partial charge on any atom is 0.329 e. The first kappa shape index (κ1) is 19.2. The molecule has 4 aromatic rings. The topological polar surface area (TPSA) is 62.6 Å². The number of benzene rings is 1. The van der Waals surface area contributed by atoms with Crippen molar-refractivity contribution in [1.82, 2.24) is 28.5 Å². The van der Waals surface area contributed by atoms with Crippen LogP contribution in [0.15, 0.2) is 41.6 Å². The number of hydrogen-bond acceptors (Lipinski definition) is 3. The molecule has 0 saturated carbocycles. The van der Waals surface area contributed by atoms with Crippen LogP contribution in [0.2, 0.25) is 0 Å². The molecule has 152 valence electrons. The zero-order valence-electron chi connectivity index (χ0n) is 17.6. The molecule has 0 atom stereocenters. The molecule has 0 spiro atoms. The largest absolute Gasteiger partial charge is 0.331 e. The molecular weight excluding hydrogens is 364 g/mol. The van der Waals surface area contributed by atoms with Crippen molar-refractivity contribution in [1.29, 1.82) is 0 Å². The van der Waals surface area contributed by atoms with E-state index >= 15 is 0 Å². The molecule has 0 N–H and O–H groups in total. The lowest BCUT2D eigenvalue weighted by atomic mass is 10.1. The Kier molecular flexibility index (Phi) is 5.13. The molecule has 0 saturated heterocycles. The van der Waals surface area contributed by atoms with Gasteiger partial charge in [0, 0.05) is 37.4 Å². The standard InChI is InChI=1S/C22H28N6O/c1-5-26-19-9-8-18(13-20(19)27(6-2)22(26)29)21-14-23-15-25(21)10-7-11-28-17(4)12-16(3)24-28/h8-9,12-15H,5-7,10-11H2,1-4H3. The molecule has 4 rings (SSSR count). The van der Waals surface area contributed by atoms with E-state index in [0.29, 0.717) is 13.1 Å². The van der Waals surface area contributed by atoms with Crippen molar-refractivity contribution in [3.8, 4) is 11.3 Å². The number of hydrogen-bond donors (Lipinski definition) is 0. The molecule has 0 amide bonds. The Morgan fingerprint density at radius 3 is 2.41 bits per heavy atom. The Hall–Kier alpha value is -3.09. The summed E-state index contributed by atoms with van der Waals surface area (Å²) >= 11 is 0. The highest BCUT2D eigenvalue weighted by atomic mass is 16.1. The van der Waals surface area contributed by atoms with Gasteiger partial charge in [0.2, 0.25) is 0 Å². The smallest absolute Gasteiger partial charge is 0.329 e. The summed E-state index contributed by atoms with van der Waals surface area (Å²) in [6, 6.07) is 8.35. The first-order valence-electron chi connectivity index (χ1n) is 10.3. The Balaban J connectivity index is 1.61. The number of aromatic nitrogens is 6. The van der Waals surface area contributed by atoms with Gasteiger partial charge in [0.05, 0.1) is 34.9 Å². The minimum Gasteiger partial charge on any atom is -0.331 e. The summed E-state index contributed by atoms with van der Waals surface area (Å²) in [4.78, 5) is 17.0. The second kappa shape index (κ2) is 7.73. The van der Waals surface area contributed by atoms with Crippen molar-refractivity contribution in [2.75, 3.05) is 0 Å². The van der Waals surface area contributed by atoms with Crippen LogP contribution in [0.4, 0.5) is 0 Å². The molecule has 3 aromatic heterocycles. The number of imidazole rings is 2.